The van der Waals surface area contributed by atoms with E-state index in [1.165, 1.54) is 51.4 Å². The largest absolute Gasteiger partial charge is 0.285 e. The van der Waals surface area contributed by atoms with Crippen molar-refractivity contribution in [2.24, 2.45) is 0 Å². The number of hydrogen-bond donors (Lipinski definition) is 1. The van der Waals surface area contributed by atoms with Gasteiger partial charge in [0.05, 0.1) is 4.75 Å². The molecule has 4 heteroatoms. The standard InChI is InChI=1S/C23H48O3S/c1-4-7-10-13-15-18-21-23(27(24,25)26,20-17-12-9-6-3)22-19-16-14-11-8-5-2/h4-22H2,1-3H3,(H,24,25,26). The first kappa shape index (κ1) is 26.9. The summed E-state index contributed by atoms with van der Waals surface area (Å²) in [5.41, 5.74) is 0. The Morgan fingerprint density at radius 1 is 0.519 bits per heavy atom. The summed E-state index contributed by atoms with van der Waals surface area (Å²) in [4.78, 5) is 0. The van der Waals surface area contributed by atoms with Crippen LogP contribution in [-0.2, 0) is 10.1 Å². The summed E-state index contributed by atoms with van der Waals surface area (Å²) in [5.74, 6) is 0. The van der Waals surface area contributed by atoms with E-state index in [0.29, 0.717) is 19.3 Å². The number of rotatable bonds is 20. The van der Waals surface area contributed by atoms with Gasteiger partial charge in [-0.3, -0.25) is 4.55 Å². The van der Waals surface area contributed by atoms with Gasteiger partial charge in [-0.1, -0.05) is 124 Å². The van der Waals surface area contributed by atoms with Crippen LogP contribution in [0.25, 0.3) is 0 Å². The molecule has 0 aromatic heterocycles. The van der Waals surface area contributed by atoms with Crippen molar-refractivity contribution >= 4 is 10.1 Å². The molecule has 0 aliphatic carbocycles. The van der Waals surface area contributed by atoms with E-state index in [-0.39, 0.29) is 0 Å². The molecule has 0 aromatic rings. The highest BCUT2D eigenvalue weighted by atomic mass is 32.2. The van der Waals surface area contributed by atoms with Crippen LogP contribution in [0.5, 0.6) is 0 Å². The van der Waals surface area contributed by atoms with Crippen LogP contribution in [0, 0.1) is 0 Å². The Morgan fingerprint density at radius 3 is 1.07 bits per heavy atom. The normalized spacial score (nSPS) is 12.6. The van der Waals surface area contributed by atoms with Crippen molar-refractivity contribution in [2.75, 3.05) is 0 Å². The molecule has 0 aliphatic heterocycles. The van der Waals surface area contributed by atoms with E-state index in [4.69, 9.17) is 0 Å². The van der Waals surface area contributed by atoms with Gasteiger partial charge in [0, 0.05) is 0 Å². The van der Waals surface area contributed by atoms with Crippen LogP contribution in [0.4, 0.5) is 0 Å². The molecule has 0 radical (unpaired) electrons. The summed E-state index contributed by atoms with van der Waals surface area (Å²) in [6.45, 7) is 6.59. The smallest absolute Gasteiger partial charge is 0.270 e. The summed E-state index contributed by atoms with van der Waals surface area (Å²) in [5, 5.41) is 0. The van der Waals surface area contributed by atoms with Gasteiger partial charge in [-0.05, 0) is 19.3 Å². The van der Waals surface area contributed by atoms with Gasteiger partial charge in [-0.15, -0.1) is 0 Å². The third kappa shape index (κ3) is 12.9. The van der Waals surface area contributed by atoms with Crippen LogP contribution in [0.15, 0.2) is 0 Å². The molecule has 0 aromatic carbocycles. The van der Waals surface area contributed by atoms with Crippen LogP contribution in [-0.4, -0.2) is 17.7 Å². The van der Waals surface area contributed by atoms with Crippen LogP contribution in [0.2, 0.25) is 0 Å². The zero-order valence-corrected chi connectivity index (χ0v) is 19.4. The molecule has 0 saturated heterocycles. The second-order valence-corrected chi connectivity index (χ2v) is 10.3. The Hall–Kier alpha value is -0.0900. The molecule has 0 heterocycles. The molecule has 3 nitrogen and oxygen atoms in total. The monoisotopic (exact) mass is 404 g/mol. The third-order valence-electron chi connectivity index (χ3n) is 6.01. The molecule has 0 bridgehead atoms. The van der Waals surface area contributed by atoms with E-state index in [0.717, 1.165) is 51.4 Å². The van der Waals surface area contributed by atoms with Crippen molar-refractivity contribution in [2.45, 2.75) is 148 Å². The lowest BCUT2D eigenvalue weighted by Gasteiger charge is -2.31. The number of unbranched alkanes of at least 4 members (excludes halogenated alkanes) is 13. The lowest BCUT2D eigenvalue weighted by molar-refractivity contribution is 0.344. The van der Waals surface area contributed by atoms with Gasteiger partial charge in [0.1, 0.15) is 0 Å². The minimum absolute atomic E-state index is 0.635. The van der Waals surface area contributed by atoms with Crippen molar-refractivity contribution < 1.29 is 13.0 Å². The second-order valence-electron chi connectivity index (χ2n) is 8.50. The van der Waals surface area contributed by atoms with E-state index in [1.54, 1.807) is 0 Å². The van der Waals surface area contributed by atoms with Gasteiger partial charge in [0.25, 0.3) is 10.1 Å². The highest BCUT2D eigenvalue weighted by molar-refractivity contribution is 7.87. The maximum Gasteiger partial charge on any atom is 0.270 e. The molecule has 27 heavy (non-hydrogen) atoms. The van der Waals surface area contributed by atoms with Crippen molar-refractivity contribution in [3.05, 3.63) is 0 Å². The van der Waals surface area contributed by atoms with Crippen LogP contribution >= 0.6 is 0 Å². The SMILES string of the molecule is CCCCCCCCC(CCCCCC)(CCCCCCCC)S(=O)(=O)O. The van der Waals surface area contributed by atoms with E-state index < -0.39 is 14.9 Å². The first-order chi connectivity index (χ1) is 12.9. The number of hydrogen-bond acceptors (Lipinski definition) is 2. The Bertz CT molecular complexity index is 401. The predicted octanol–water partition coefficient (Wildman–Crippen LogP) is 8.08. The van der Waals surface area contributed by atoms with E-state index in [1.807, 2.05) is 0 Å². The summed E-state index contributed by atoms with van der Waals surface area (Å²) in [6.07, 6.45) is 20.0. The summed E-state index contributed by atoms with van der Waals surface area (Å²) in [6, 6.07) is 0. The van der Waals surface area contributed by atoms with Gasteiger partial charge in [-0.2, -0.15) is 8.42 Å². The fourth-order valence-corrected chi connectivity index (χ4v) is 5.30. The van der Waals surface area contributed by atoms with Crippen molar-refractivity contribution in [1.29, 1.82) is 0 Å². The molecule has 164 valence electrons. The molecule has 1 N–H and O–H groups in total. The molecule has 0 aliphatic rings. The summed E-state index contributed by atoms with van der Waals surface area (Å²) < 4.78 is 34.1. The predicted molar refractivity (Wildman–Crippen MR) is 119 cm³/mol. The van der Waals surface area contributed by atoms with Gasteiger partial charge in [0.15, 0.2) is 0 Å². The molecular formula is C23H48O3S. The molecular weight excluding hydrogens is 356 g/mol. The van der Waals surface area contributed by atoms with Gasteiger partial charge < -0.3 is 0 Å². The molecule has 0 amide bonds. The fourth-order valence-electron chi connectivity index (χ4n) is 4.09. The fraction of sp³-hybridized carbons (Fsp3) is 1.00. The molecule has 0 rings (SSSR count). The van der Waals surface area contributed by atoms with Gasteiger partial charge in [0.2, 0.25) is 0 Å². The Balaban J connectivity index is 4.71. The molecule has 0 saturated carbocycles. The Kier molecular flexibility index (Phi) is 16.8. The average molecular weight is 405 g/mol. The third-order valence-corrected chi connectivity index (χ3v) is 7.71. The van der Waals surface area contributed by atoms with Crippen molar-refractivity contribution in [3.63, 3.8) is 0 Å². The van der Waals surface area contributed by atoms with Crippen molar-refractivity contribution in [3.8, 4) is 0 Å². The quantitative estimate of drug-likeness (QED) is 0.165. The highest BCUT2D eigenvalue weighted by Gasteiger charge is 2.41. The maximum absolute atomic E-state index is 12.4. The molecule has 0 atom stereocenters. The van der Waals surface area contributed by atoms with E-state index in [9.17, 15) is 13.0 Å². The highest BCUT2D eigenvalue weighted by Crippen LogP contribution is 2.36. The zero-order chi connectivity index (χ0) is 20.4. The maximum atomic E-state index is 12.4. The van der Waals surface area contributed by atoms with E-state index >= 15 is 0 Å². The Morgan fingerprint density at radius 2 is 0.778 bits per heavy atom. The average Bonchev–Trinajstić information content (AvgIpc) is 2.62. The Labute approximate surface area is 170 Å². The first-order valence-electron chi connectivity index (χ1n) is 11.9. The lowest BCUT2D eigenvalue weighted by atomic mass is 9.88. The topological polar surface area (TPSA) is 54.4 Å². The first-order valence-corrected chi connectivity index (χ1v) is 13.3. The van der Waals surface area contributed by atoms with Crippen LogP contribution < -0.4 is 0 Å². The zero-order valence-electron chi connectivity index (χ0n) is 18.6. The van der Waals surface area contributed by atoms with Crippen LogP contribution in [0.3, 0.4) is 0 Å². The van der Waals surface area contributed by atoms with Gasteiger partial charge in [-0.25, -0.2) is 0 Å². The van der Waals surface area contributed by atoms with Crippen LogP contribution in [0.1, 0.15) is 143 Å². The van der Waals surface area contributed by atoms with Crippen molar-refractivity contribution in [1.82, 2.24) is 0 Å². The summed E-state index contributed by atoms with van der Waals surface area (Å²) >= 11 is 0. The second kappa shape index (κ2) is 16.8. The van der Waals surface area contributed by atoms with E-state index in [2.05, 4.69) is 20.8 Å². The molecule has 0 unspecified atom stereocenters. The summed E-state index contributed by atoms with van der Waals surface area (Å²) in [7, 11) is -4.01. The molecule has 0 fully saturated rings. The minimum atomic E-state index is -4.01. The minimum Gasteiger partial charge on any atom is -0.285 e. The lowest BCUT2D eigenvalue weighted by Crippen LogP contribution is -2.38. The molecule has 0 spiro atoms. The van der Waals surface area contributed by atoms with Gasteiger partial charge >= 0.3 is 0 Å².